The minimum atomic E-state index is -2.91. The first-order chi connectivity index (χ1) is 9.07. The van der Waals surface area contributed by atoms with E-state index in [0.717, 1.165) is 22.9 Å². The average molecular weight is 349 g/mol. The van der Waals surface area contributed by atoms with Crippen LogP contribution in [0.1, 0.15) is 18.4 Å². The summed E-state index contributed by atoms with van der Waals surface area (Å²) in [5.74, 6) is 0. The van der Waals surface area contributed by atoms with Crippen molar-refractivity contribution >= 4 is 23.5 Å². The van der Waals surface area contributed by atoms with E-state index in [-0.39, 0.29) is 11.8 Å². The third-order valence-electron chi connectivity index (χ3n) is 3.40. The van der Waals surface area contributed by atoms with Crippen molar-refractivity contribution in [3.63, 3.8) is 0 Å². The van der Waals surface area contributed by atoms with Gasteiger partial charge < -0.3 is 13.8 Å². The van der Waals surface area contributed by atoms with Gasteiger partial charge in [-0.25, -0.2) is 0 Å². The van der Waals surface area contributed by atoms with Gasteiger partial charge in [0, 0.05) is 18.7 Å². The average Bonchev–Trinajstić information content (AvgIpc) is 2.36. The van der Waals surface area contributed by atoms with Crippen LogP contribution in [0.15, 0.2) is 28.7 Å². The second-order valence-corrected chi connectivity index (χ2v) is 8.05. The van der Waals surface area contributed by atoms with Crippen LogP contribution in [0.5, 0.6) is 0 Å². The lowest BCUT2D eigenvalue weighted by Crippen LogP contribution is -2.36. The zero-order chi connectivity index (χ0) is 13.9. The van der Waals surface area contributed by atoms with Crippen molar-refractivity contribution in [3.05, 3.63) is 34.3 Å². The van der Waals surface area contributed by atoms with Crippen molar-refractivity contribution in [3.8, 4) is 0 Å². The largest absolute Gasteiger partial charge is 0.373 e. The first-order valence-corrected chi connectivity index (χ1v) is 8.55. The molecular weight excluding hydrogens is 331 g/mol. The Labute approximate surface area is 122 Å². The SMILES string of the molecule is COP(=O)(OC)C1CC(OCc2cccc(Br)c2)C1. The normalized spacial score (nSPS) is 23.1. The first-order valence-electron chi connectivity index (χ1n) is 6.14. The van der Waals surface area contributed by atoms with Gasteiger partial charge in [-0.05, 0) is 30.5 Å². The molecule has 106 valence electrons. The van der Waals surface area contributed by atoms with Crippen LogP contribution in [0.25, 0.3) is 0 Å². The first kappa shape index (κ1) is 15.2. The predicted molar refractivity (Wildman–Crippen MR) is 77.4 cm³/mol. The molecule has 0 radical (unpaired) electrons. The summed E-state index contributed by atoms with van der Waals surface area (Å²) in [6.45, 7) is 0.571. The highest BCUT2D eigenvalue weighted by Gasteiger charge is 2.44. The number of halogens is 1. The summed E-state index contributed by atoms with van der Waals surface area (Å²) in [6.07, 6.45) is 1.60. The monoisotopic (exact) mass is 348 g/mol. The molecule has 19 heavy (non-hydrogen) atoms. The highest BCUT2D eigenvalue weighted by atomic mass is 79.9. The quantitative estimate of drug-likeness (QED) is 0.729. The zero-order valence-corrected chi connectivity index (χ0v) is 13.5. The van der Waals surface area contributed by atoms with Gasteiger partial charge in [0.25, 0.3) is 0 Å². The maximum Gasteiger partial charge on any atom is 0.333 e. The van der Waals surface area contributed by atoms with E-state index < -0.39 is 7.60 Å². The smallest absolute Gasteiger partial charge is 0.333 e. The van der Waals surface area contributed by atoms with E-state index in [1.807, 2.05) is 24.3 Å². The standard InChI is InChI=1S/C13H18BrO4P/c1-16-19(15,17-2)13-7-12(8-13)18-9-10-4-3-5-11(14)6-10/h3-6,12-13H,7-9H2,1-2H3. The third-order valence-corrected chi connectivity index (χ3v) is 6.23. The number of hydrogen-bond donors (Lipinski definition) is 0. The molecule has 0 aliphatic heterocycles. The summed E-state index contributed by atoms with van der Waals surface area (Å²) in [5, 5.41) is 0. The molecule has 1 fully saturated rings. The molecule has 0 heterocycles. The maximum atomic E-state index is 12.1. The van der Waals surface area contributed by atoms with Gasteiger partial charge in [-0.2, -0.15) is 0 Å². The molecule has 2 rings (SSSR count). The van der Waals surface area contributed by atoms with Crippen LogP contribution in [0.2, 0.25) is 0 Å². The van der Waals surface area contributed by atoms with E-state index in [0.29, 0.717) is 6.61 Å². The zero-order valence-electron chi connectivity index (χ0n) is 11.0. The van der Waals surface area contributed by atoms with Crippen LogP contribution >= 0.6 is 23.5 Å². The number of hydrogen-bond acceptors (Lipinski definition) is 4. The Hall–Kier alpha value is -0.190. The topological polar surface area (TPSA) is 44.8 Å². The predicted octanol–water partition coefficient (Wildman–Crippen LogP) is 3.98. The van der Waals surface area contributed by atoms with E-state index in [9.17, 15) is 4.57 Å². The summed E-state index contributed by atoms with van der Waals surface area (Å²) < 4.78 is 28.9. The lowest BCUT2D eigenvalue weighted by atomic mass is 9.95. The second kappa shape index (κ2) is 6.51. The lowest BCUT2D eigenvalue weighted by molar-refractivity contribution is -0.0113. The molecule has 0 aromatic heterocycles. The second-order valence-electron chi connectivity index (χ2n) is 4.59. The molecule has 0 unspecified atom stereocenters. The number of ether oxygens (including phenoxy) is 1. The van der Waals surface area contributed by atoms with Crippen molar-refractivity contribution in [1.82, 2.24) is 0 Å². The van der Waals surface area contributed by atoms with Gasteiger partial charge in [-0.15, -0.1) is 0 Å². The van der Waals surface area contributed by atoms with Crippen LogP contribution in [0.3, 0.4) is 0 Å². The van der Waals surface area contributed by atoms with Gasteiger partial charge in [0.15, 0.2) is 0 Å². The van der Waals surface area contributed by atoms with Crippen molar-refractivity contribution < 1.29 is 18.3 Å². The van der Waals surface area contributed by atoms with Gasteiger partial charge in [-0.1, -0.05) is 28.1 Å². The van der Waals surface area contributed by atoms with E-state index >= 15 is 0 Å². The molecule has 0 spiro atoms. The van der Waals surface area contributed by atoms with Gasteiger partial charge in [0.1, 0.15) is 0 Å². The summed E-state index contributed by atoms with van der Waals surface area (Å²) >= 11 is 3.43. The Morgan fingerprint density at radius 2 is 2.00 bits per heavy atom. The van der Waals surface area contributed by atoms with Crippen molar-refractivity contribution in [2.45, 2.75) is 31.2 Å². The molecule has 0 saturated heterocycles. The van der Waals surface area contributed by atoms with E-state index in [4.69, 9.17) is 13.8 Å². The Kier molecular flexibility index (Phi) is 5.21. The van der Waals surface area contributed by atoms with E-state index in [1.165, 1.54) is 14.2 Å². The third kappa shape index (κ3) is 3.67. The van der Waals surface area contributed by atoms with Crippen LogP contribution in [0.4, 0.5) is 0 Å². The fourth-order valence-electron chi connectivity index (χ4n) is 2.15. The molecule has 1 aliphatic rings. The van der Waals surface area contributed by atoms with Crippen LogP contribution in [0, 0.1) is 0 Å². The molecular formula is C13H18BrO4P. The summed E-state index contributed by atoms with van der Waals surface area (Å²) in [4.78, 5) is 0. The maximum absolute atomic E-state index is 12.1. The van der Waals surface area contributed by atoms with Gasteiger partial charge in [0.05, 0.1) is 18.4 Å². The van der Waals surface area contributed by atoms with Crippen LogP contribution in [-0.4, -0.2) is 26.0 Å². The molecule has 1 aromatic rings. The molecule has 1 aromatic carbocycles. The van der Waals surface area contributed by atoms with Crippen molar-refractivity contribution in [2.75, 3.05) is 14.2 Å². The minimum Gasteiger partial charge on any atom is -0.373 e. The van der Waals surface area contributed by atoms with Crippen molar-refractivity contribution in [2.24, 2.45) is 0 Å². The van der Waals surface area contributed by atoms with E-state index in [2.05, 4.69) is 15.9 Å². The Morgan fingerprint density at radius 3 is 2.58 bits per heavy atom. The molecule has 1 saturated carbocycles. The highest BCUT2D eigenvalue weighted by Crippen LogP contribution is 2.59. The molecule has 0 N–H and O–H groups in total. The molecule has 6 heteroatoms. The molecule has 0 amide bonds. The van der Waals surface area contributed by atoms with Gasteiger partial charge >= 0.3 is 7.60 Å². The minimum absolute atomic E-state index is 0.0324. The lowest BCUT2D eigenvalue weighted by Gasteiger charge is -2.37. The van der Waals surface area contributed by atoms with Crippen LogP contribution in [-0.2, 0) is 25.0 Å². The molecule has 4 nitrogen and oxygen atoms in total. The Bertz CT molecular complexity index is 465. The van der Waals surface area contributed by atoms with E-state index in [1.54, 1.807) is 0 Å². The summed E-state index contributed by atoms with van der Waals surface area (Å²) in [5.41, 5.74) is 1.09. The summed E-state index contributed by atoms with van der Waals surface area (Å²) in [7, 11) is -0.0527. The van der Waals surface area contributed by atoms with Crippen molar-refractivity contribution in [1.29, 1.82) is 0 Å². The van der Waals surface area contributed by atoms with Crippen LogP contribution < -0.4 is 0 Å². The van der Waals surface area contributed by atoms with Gasteiger partial charge in [-0.3, -0.25) is 4.57 Å². The Balaban J connectivity index is 1.78. The molecule has 0 bridgehead atoms. The molecule has 1 aliphatic carbocycles. The highest BCUT2D eigenvalue weighted by molar-refractivity contribution is 9.10. The Morgan fingerprint density at radius 1 is 1.32 bits per heavy atom. The fourth-order valence-corrected chi connectivity index (χ4v) is 4.32. The fraction of sp³-hybridized carbons (Fsp3) is 0.538. The number of rotatable bonds is 6. The molecule has 0 atom stereocenters. The number of benzene rings is 1. The van der Waals surface area contributed by atoms with Gasteiger partial charge in [0.2, 0.25) is 0 Å². The summed E-state index contributed by atoms with van der Waals surface area (Å²) in [6, 6.07) is 8.02.